The molecular weight excluding hydrogens is 454 g/mol. The fourth-order valence-electron chi connectivity index (χ4n) is 4.89. The van der Waals surface area contributed by atoms with Gasteiger partial charge in [0.1, 0.15) is 0 Å². The quantitative estimate of drug-likeness (QED) is 0.404. The molecular formula is C21H36N2O7P2. The first kappa shape index (κ1) is 25.8. The Bertz CT molecular complexity index is 872. The molecule has 9 nitrogen and oxygen atoms in total. The Morgan fingerprint density at radius 1 is 0.906 bits per heavy atom. The molecule has 0 radical (unpaired) electrons. The normalized spacial score (nSPS) is 21.7. The number of piperidine rings is 1. The molecule has 2 atom stereocenters. The Morgan fingerprint density at radius 2 is 1.47 bits per heavy atom. The Kier molecular flexibility index (Phi) is 8.95. The van der Waals surface area contributed by atoms with E-state index < -0.39 is 20.6 Å². The first-order chi connectivity index (χ1) is 15.3. The molecule has 11 heteroatoms. The lowest BCUT2D eigenvalue weighted by molar-refractivity contribution is 0.114. The van der Waals surface area contributed by atoms with Gasteiger partial charge in [-0.05, 0) is 46.1 Å². The second-order valence-corrected chi connectivity index (χ2v) is 13.0. The number of aromatic nitrogens is 1. The first-order valence-corrected chi connectivity index (χ1v) is 14.7. The molecule has 2 aliphatic heterocycles. The fraction of sp³-hybridized carbons (Fsp3) is 0.762. The van der Waals surface area contributed by atoms with Crippen molar-refractivity contribution >= 4 is 15.2 Å². The molecule has 1 aromatic rings. The molecule has 3 rings (SSSR count). The first-order valence-electron chi connectivity index (χ1n) is 11.5. The van der Waals surface area contributed by atoms with Crippen molar-refractivity contribution in [3.05, 3.63) is 34.2 Å². The lowest BCUT2D eigenvalue weighted by atomic mass is 9.83. The van der Waals surface area contributed by atoms with Crippen molar-refractivity contribution in [3.63, 3.8) is 0 Å². The summed E-state index contributed by atoms with van der Waals surface area (Å²) in [6, 6.07) is 5.39. The molecule has 0 spiro atoms. The molecule has 0 N–H and O–H groups in total. The minimum atomic E-state index is -3.79. The molecule has 0 saturated carbocycles. The SMILES string of the molecule is CCOP(=O)(OCC)C(CN1C[C@H]2C[C@@H](C1)c1cccc(=O)n1C2)P(=O)(OCC)OCC. The third-order valence-electron chi connectivity index (χ3n) is 5.94. The molecule has 2 bridgehead atoms. The Morgan fingerprint density at radius 3 is 2.00 bits per heavy atom. The average Bonchev–Trinajstić information content (AvgIpc) is 2.73. The van der Waals surface area contributed by atoms with Crippen LogP contribution in [0.5, 0.6) is 0 Å². The topological polar surface area (TPSA) is 96.3 Å². The van der Waals surface area contributed by atoms with E-state index in [2.05, 4.69) is 4.90 Å². The fourth-order valence-corrected chi connectivity index (χ4v) is 10.2. The zero-order chi connectivity index (χ0) is 23.4. The van der Waals surface area contributed by atoms with Gasteiger partial charge in [-0.3, -0.25) is 13.9 Å². The lowest BCUT2D eigenvalue weighted by Gasteiger charge is -2.44. The van der Waals surface area contributed by atoms with Crippen molar-refractivity contribution in [2.75, 3.05) is 46.1 Å². The van der Waals surface area contributed by atoms with Crippen molar-refractivity contribution < 1.29 is 27.2 Å². The van der Waals surface area contributed by atoms with Crippen molar-refractivity contribution in [1.82, 2.24) is 9.47 Å². The van der Waals surface area contributed by atoms with Crippen LogP contribution in [0.2, 0.25) is 0 Å². The molecule has 0 amide bonds. The summed E-state index contributed by atoms with van der Waals surface area (Å²) in [4.78, 5) is 14.5. The number of likely N-dealkylation sites (tertiary alicyclic amines) is 1. The summed E-state index contributed by atoms with van der Waals surface area (Å²) < 4.78 is 51.9. The van der Waals surface area contributed by atoms with Crippen LogP contribution in [-0.4, -0.2) is 60.9 Å². The van der Waals surface area contributed by atoms with Crippen LogP contribution in [0.4, 0.5) is 0 Å². The number of pyridine rings is 1. The van der Waals surface area contributed by atoms with Crippen molar-refractivity contribution in [2.45, 2.75) is 52.0 Å². The van der Waals surface area contributed by atoms with Crippen LogP contribution >= 0.6 is 15.2 Å². The highest BCUT2D eigenvalue weighted by Gasteiger charge is 2.52. The standard InChI is InChI=1S/C21H36N2O7P2/c1-5-27-31(25,28-6-2)21(32(26,29-7-3)30-8-4)16-22-13-17-12-18(15-22)19-10-9-11-20(24)23(19)14-17/h9-11,17-18,21H,5-8,12-16H2,1-4H3/t17-,18+/m1/s1. The highest BCUT2D eigenvalue weighted by molar-refractivity contribution is 7.72. The largest absolute Gasteiger partial charge is 0.347 e. The van der Waals surface area contributed by atoms with Gasteiger partial charge in [0.25, 0.3) is 5.56 Å². The van der Waals surface area contributed by atoms with E-state index in [0.717, 1.165) is 12.1 Å². The summed E-state index contributed by atoms with van der Waals surface area (Å²) in [5.74, 6) is 0.452. The molecule has 0 aromatic carbocycles. The molecule has 1 aromatic heterocycles. The van der Waals surface area contributed by atoms with E-state index in [0.29, 0.717) is 19.6 Å². The maximum Gasteiger partial charge on any atom is 0.347 e. The number of nitrogens with zero attached hydrogens (tertiary/aromatic N) is 2. The average molecular weight is 490 g/mol. The highest BCUT2D eigenvalue weighted by atomic mass is 31.2. The Balaban J connectivity index is 1.92. The summed E-state index contributed by atoms with van der Waals surface area (Å²) in [6.45, 7) is 9.78. The van der Waals surface area contributed by atoms with Crippen LogP contribution in [0.25, 0.3) is 0 Å². The van der Waals surface area contributed by atoms with Crippen molar-refractivity contribution in [3.8, 4) is 0 Å². The summed E-state index contributed by atoms with van der Waals surface area (Å²) >= 11 is 0. The van der Waals surface area contributed by atoms with Crippen LogP contribution in [-0.2, 0) is 33.8 Å². The summed E-state index contributed by atoms with van der Waals surface area (Å²) in [5.41, 5.74) is 1.04. The number of hydrogen-bond acceptors (Lipinski definition) is 8. The van der Waals surface area contributed by atoms with Crippen molar-refractivity contribution in [2.24, 2.45) is 5.92 Å². The highest BCUT2D eigenvalue weighted by Crippen LogP contribution is 2.70. The summed E-state index contributed by atoms with van der Waals surface area (Å²) in [5, 5.41) is -1.05. The molecule has 1 saturated heterocycles. The van der Waals surface area contributed by atoms with Crippen LogP contribution < -0.4 is 5.56 Å². The van der Waals surface area contributed by atoms with E-state index in [4.69, 9.17) is 18.1 Å². The van der Waals surface area contributed by atoms with E-state index in [1.165, 1.54) is 0 Å². The van der Waals surface area contributed by atoms with Crippen LogP contribution in [0.3, 0.4) is 0 Å². The molecule has 1 fully saturated rings. The third kappa shape index (κ3) is 5.47. The minimum absolute atomic E-state index is 0.0258. The zero-order valence-electron chi connectivity index (χ0n) is 19.5. The monoisotopic (exact) mass is 490 g/mol. The van der Waals surface area contributed by atoms with Crippen LogP contribution in [0.15, 0.2) is 23.0 Å². The Hall–Kier alpha value is -0.790. The molecule has 32 heavy (non-hydrogen) atoms. The number of hydrogen-bond donors (Lipinski definition) is 0. The van der Waals surface area contributed by atoms with Gasteiger partial charge in [-0.15, -0.1) is 0 Å². The van der Waals surface area contributed by atoms with E-state index in [-0.39, 0.29) is 50.4 Å². The lowest BCUT2D eigenvalue weighted by Crippen LogP contribution is -2.49. The minimum Gasteiger partial charge on any atom is -0.312 e. The van der Waals surface area contributed by atoms with E-state index >= 15 is 0 Å². The summed E-state index contributed by atoms with van der Waals surface area (Å²) in [6.07, 6.45) is 0.994. The van der Waals surface area contributed by atoms with Gasteiger partial charge in [-0.25, -0.2) is 0 Å². The predicted molar refractivity (Wildman–Crippen MR) is 123 cm³/mol. The summed E-state index contributed by atoms with van der Waals surface area (Å²) in [7, 11) is -7.58. The Labute approximate surface area is 190 Å². The predicted octanol–water partition coefficient (Wildman–Crippen LogP) is 4.13. The maximum absolute atomic E-state index is 13.8. The van der Waals surface area contributed by atoms with Gasteiger partial charge in [-0.1, -0.05) is 6.07 Å². The van der Waals surface area contributed by atoms with Gasteiger partial charge < -0.3 is 27.6 Å². The van der Waals surface area contributed by atoms with Gasteiger partial charge >= 0.3 is 15.2 Å². The molecule has 3 heterocycles. The van der Waals surface area contributed by atoms with Crippen molar-refractivity contribution in [1.29, 1.82) is 0 Å². The molecule has 2 aliphatic rings. The van der Waals surface area contributed by atoms with Gasteiger partial charge in [0.15, 0.2) is 5.40 Å². The molecule has 0 aliphatic carbocycles. The second kappa shape index (κ2) is 11.1. The van der Waals surface area contributed by atoms with Gasteiger partial charge in [0.05, 0.1) is 26.4 Å². The number of fused-ring (bicyclic) bond motifs is 4. The second-order valence-electron chi connectivity index (χ2n) is 8.15. The van der Waals surface area contributed by atoms with Gasteiger partial charge in [-0.2, -0.15) is 0 Å². The third-order valence-corrected chi connectivity index (χ3v) is 11.9. The van der Waals surface area contributed by atoms with Crippen LogP contribution in [0.1, 0.15) is 45.7 Å². The van der Waals surface area contributed by atoms with Gasteiger partial charge in [0, 0.05) is 43.9 Å². The smallest absolute Gasteiger partial charge is 0.312 e. The van der Waals surface area contributed by atoms with E-state index in [1.54, 1.807) is 39.8 Å². The maximum atomic E-state index is 13.8. The molecule has 0 unspecified atom stereocenters. The number of rotatable bonds is 12. The van der Waals surface area contributed by atoms with E-state index in [9.17, 15) is 13.9 Å². The van der Waals surface area contributed by atoms with Crippen LogP contribution in [0, 0.1) is 5.92 Å². The molecule has 182 valence electrons. The van der Waals surface area contributed by atoms with Gasteiger partial charge in [0.2, 0.25) is 0 Å². The van der Waals surface area contributed by atoms with E-state index in [1.807, 2.05) is 10.6 Å². The zero-order valence-corrected chi connectivity index (χ0v) is 21.3.